The van der Waals surface area contributed by atoms with Crippen molar-refractivity contribution in [3.8, 4) is 0 Å². The summed E-state index contributed by atoms with van der Waals surface area (Å²) in [4.78, 5) is 0. The molecule has 2 nitrogen and oxygen atoms in total. The maximum atomic E-state index is 9.47. The van der Waals surface area contributed by atoms with Crippen LogP contribution in [0, 0.1) is 5.92 Å². The minimum atomic E-state index is -0.0874. The molecule has 2 aliphatic rings. The fourth-order valence-electron chi connectivity index (χ4n) is 2.62. The molecule has 0 aromatic heterocycles. The van der Waals surface area contributed by atoms with Crippen LogP contribution in [0.2, 0.25) is 0 Å². The van der Waals surface area contributed by atoms with Gasteiger partial charge in [-0.2, -0.15) is 0 Å². The number of fused-ring (bicyclic) bond motifs is 1. The molecule has 2 rings (SSSR count). The summed E-state index contributed by atoms with van der Waals surface area (Å²) in [5.41, 5.74) is 0. The Kier molecular flexibility index (Phi) is 2.66. The van der Waals surface area contributed by atoms with Gasteiger partial charge in [0.05, 0.1) is 6.10 Å². The molecule has 0 bridgehead atoms. The van der Waals surface area contributed by atoms with E-state index in [9.17, 15) is 5.11 Å². The van der Waals surface area contributed by atoms with E-state index in [1.54, 1.807) is 0 Å². The Morgan fingerprint density at radius 3 is 2.75 bits per heavy atom. The lowest BCUT2D eigenvalue weighted by Gasteiger charge is -2.30. The van der Waals surface area contributed by atoms with Crippen LogP contribution in [0.5, 0.6) is 0 Å². The highest BCUT2D eigenvalue weighted by atomic mass is 16.3. The number of nitrogens with one attached hydrogen (secondary N) is 1. The highest BCUT2D eigenvalue weighted by molar-refractivity contribution is 4.85. The molecular formula is C10H19NO. The number of aliphatic hydroxyl groups excluding tert-OH is 1. The van der Waals surface area contributed by atoms with E-state index in [4.69, 9.17) is 0 Å². The van der Waals surface area contributed by atoms with Crippen molar-refractivity contribution in [2.75, 3.05) is 6.54 Å². The Balaban J connectivity index is 1.94. The Morgan fingerprint density at radius 2 is 1.83 bits per heavy atom. The number of hydrogen-bond donors (Lipinski definition) is 2. The van der Waals surface area contributed by atoms with Gasteiger partial charge in [-0.15, -0.1) is 0 Å². The molecule has 1 heterocycles. The Morgan fingerprint density at radius 1 is 1.00 bits per heavy atom. The Labute approximate surface area is 74.4 Å². The van der Waals surface area contributed by atoms with Gasteiger partial charge in [0.25, 0.3) is 0 Å². The average Bonchev–Trinajstić information content (AvgIpc) is 2.29. The van der Waals surface area contributed by atoms with Gasteiger partial charge in [-0.1, -0.05) is 12.8 Å². The van der Waals surface area contributed by atoms with Crippen molar-refractivity contribution in [1.82, 2.24) is 5.32 Å². The third kappa shape index (κ3) is 1.80. The fourth-order valence-corrected chi connectivity index (χ4v) is 2.62. The highest BCUT2D eigenvalue weighted by Gasteiger charge is 2.27. The Hall–Kier alpha value is -0.0800. The van der Waals surface area contributed by atoms with Crippen molar-refractivity contribution in [1.29, 1.82) is 0 Å². The number of hydrogen-bond acceptors (Lipinski definition) is 2. The minimum absolute atomic E-state index is 0.0874. The van der Waals surface area contributed by atoms with Crippen molar-refractivity contribution in [3.63, 3.8) is 0 Å². The molecule has 12 heavy (non-hydrogen) atoms. The second-order valence-corrected chi connectivity index (χ2v) is 4.29. The first-order chi connectivity index (χ1) is 5.86. The molecule has 3 unspecified atom stereocenters. The molecule has 0 amide bonds. The maximum absolute atomic E-state index is 9.47. The van der Waals surface area contributed by atoms with E-state index >= 15 is 0 Å². The van der Waals surface area contributed by atoms with Crippen molar-refractivity contribution < 1.29 is 5.11 Å². The van der Waals surface area contributed by atoms with Crippen LogP contribution in [0.4, 0.5) is 0 Å². The van der Waals surface area contributed by atoms with Gasteiger partial charge >= 0.3 is 0 Å². The first kappa shape index (κ1) is 8.52. The van der Waals surface area contributed by atoms with Crippen LogP contribution in [-0.2, 0) is 0 Å². The topological polar surface area (TPSA) is 32.3 Å². The standard InChI is InChI=1S/C10H19NO/c12-9-6-5-8-3-1-2-4-10(8)11-7-9/h8-12H,1-7H2. The molecule has 0 radical (unpaired) electrons. The van der Waals surface area contributed by atoms with Gasteiger partial charge in [0.2, 0.25) is 0 Å². The summed E-state index contributed by atoms with van der Waals surface area (Å²) in [6, 6.07) is 0.718. The molecule has 1 aliphatic carbocycles. The average molecular weight is 169 g/mol. The first-order valence-corrected chi connectivity index (χ1v) is 5.28. The summed E-state index contributed by atoms with van der Waals surface area (Å²) in [6.07, 6.45) is 7.65. The van der Waals surface area contributed by atoms with Crippen LogP contribution < -0.4 is 5.32 Å². The summed E-state index contributed by atoms with van der Waals surface area (Å²) in [7, 11) is 0. The second-order valence-electron chi connectivity index (χ2n) is 4.29. The monoisotopic (exact) mass is 169 g/mol. The summed E-state index contributed by atoms with van der Waals surface area (Å²) >= 11 is 0. The minimum Gasteiger partial charge on any atom is -0.392 e. The molecule has 0 spiro atoms. The predicted octanol–water partition coefficient (Wildman–Crippen LogP) is 1.29. The molecule has 70 valence electrons. The largest absolute Gasteiger partial charge is 0.392 e. The molecule has 2 N–H and O–H groups in total. The predicted molar refractivity (Wildman–Crippen MR) is 49.0 cm³/mol. The third-order valence-electron chi connectivity index (χ3n) is 3.40. The second kappa shape index (κ2) is 3.75. The van der Waals surface area contributed by atoms with Gasteiger partial charge in [0, 0.05) is 12.6 Å². The van der Waals surface area contributed by atoms with Crippen molar-refractivity contribution in [3.05, 3.63) is 0 Å². The van der Waals surface area contributed by atoms with Gasteiger partial charge in [-0.25, -0.2) is 0 Å². The molecule has 1 saturated carbocycles. The van der Waals surface area contributed by atoms with Crippen LogP contribution in [0.15, 0.2) is 0 Å². The van der Waals surface area contributed by atoms with Gasteiger partial charge in [0.15, 0.2) is 0 Å². The molecule has 1 saturated heterocycles. The lowest BCUT2D eigenvalue weighted by Crippen LogP contribution is -2.38. The molecule has 0 aromatic carbocycles. The summed E-state index contributed by atoms with van der Waals surface area (Å²) in [5, 5.41) is 13.0. The van der Waals surface area contributed by atoms with Crippen LogP contribution in [0.1, 0.15) is 38.5 Å². The van der Waals surface area contributed by atoms with Gasteiger partial charge in [-0.05, 0) is 31.6 Å². The smallest absolute Gasteiger partial charge is 0.0664 e. The molecule has 2 fully saturated rings. The molecular weight excluding hydrogens is 150 g/mol. The first-order valence-electron chi connectivity index (χ1n) is 5.28. The van der Waals surface area contributed by atoms with E-state index in [1.807, 2.05) is 0 Å². The Bertz CT molecular complexity index is 133. The maximum Gasteiger partial charge on any atom is 0.0664 e. The van der Waals surface area contributed by atoms with Gasteiger partial charge < -0.3 is 10.4 Å². The van der Waals surface area contributed by atoms with Crippen molar-refractivity contribution in [2.24, 2.45) is 5.92 Å². The fraction of sp³-hybridized carbons (Fsp3) is 1.00. The lowest BCUT2D eigenvalue weighted by molar-refractivity contribution is 0.166. The molecule has 3 atom stereocenters. The van der Waals surface area contributed by atoms with E-state index in [-0.39, 0.29) is 6.10 Å². The van der Waals surface area contributed by atoms with Crippen LogP contribution in [-0.4, -0.2) is 23.8 Å². The summed E-state index contributed by atoms with van der Waals surface area (Å²) in [6.45, 7) is 0.821. The van der Waals surface area contributed by atoms with Crippen LogP contribution >= 0.6 is 0 Å². The third-order valence-corrected chi connectivity index (χ3v) is 3.40. The normalized spacial score (nSPS) is 43.2. The quantitative estimate of drug-likeness (QED) is 0.572. The number of rotatable bonds is 0. The zero-order valence-corrected chi connectivity index (χ0v) is 7.63. The van der Waals surface area contributed by atoms with Crippen LogP contribution in [0.25, 0.3) is 0 Å². The lowest BCUT2D eigenvalue weighted by atomic mass is 9.82. The SMILES string of the molecule is OC1CCC2CCCCC2NC1. The van der Waals surface area contributed by atoms with Crippen molar-refractivity contribution in [2.45, 2.75) is 50.7 Å². The number of aliphatic hydroxyl groups is 1. The molecule has 0 aromatic rings. The van der Waals surface area contributed by atoms with Gasteiger partial charge in [0.1, 0.15) is 0 Å². The molecule has 1 aliphatic heterocycles. The highest BCUT2D eigenvalue weighted by Crippen LogP contribution is 2.30. The summed E-state index contributed by atoms with van der Waals surface area (Å²) < 4.78 is 0. The molecule has 2 heteroatoms. The summed E-state index contributed by atoms with van der Waals surface area (Å²) in [5.74, 6) is 0.857. The van der Waals surface area contributed by atoms with Crippen molar-refractivity contribution >= 4 is 0 Å². The van der Waals surface area contributed by atoms with E-state index in [1.165, 1.54) is 32.1 Å². The van der Waals surface area contributed by atoms with Crippen LogP contribution in [0.3, 0.4) is 0 Å². The zero-order valence-electron chi connectivity index (χ0n) is 7.63. The zero-order chi connectivity index (χ0) is 8.39. The van der Waals surface area contributed by atoms with E-state index < -0.39 is 0 Å². The van der Waals surface area contributed by atoms with E-state index in [2.05, 4.69) is 5.32 Å². The number of β-amino-alcohol motifs (C(OH)–C–C–N with tert-alkyl or cyclic N) is 1. The van der Waals surface area contributed by atoms with E-state index in [0.29, 0.717) is 0 Å². The van der Waals surface area contributed by atoms with Gasteiger partial charge in [-0.3, -0.25) is 0 Å². The van der Waals surface area contributed by atoms with E-state index in [0.717, 1.165) is 24.9 Å².